The number of nitrogens with one attached hydrogen (secondary N) is 1. The maximum Gasteiger partial charge on any atom is 0.200 e. The summed E-state index contributed by atoms with van der Waals surface area (Å²) in [4.78, 5) is 1.43. The van der Waals surface area contributed by atoms with Crippen molar-refractivity contribution in [2.45, 2.75) is 19.1 Å². The highest BCUT2D eigenvalue weighted by atomic mass is 16.5. The molecule has 0 aliphatic carbocycles. The van der Waals surface area contributed by atoms with Gasteiger partial charge in [-0.15, -0.1) is 10.2 Å². The lowest BCUT2D eigenvalue weighted by Crippen LogP contribution is -2.58. The van der Waals surface area contributed by atoms with E-state index < -0.39 is 0 Å². The Kier molecular flexibility index (Phi) is 2.01. The number of rotatable bonds is 3. The molecule has 0 atom stereocenters. The quantitative estimate of drug-likeness (QED) is 0.657. The van der Waals surface area contributed by atoms with Gasteiger partial charge < -0.3 is 10.1 Å². The Morgan fingerprint density at radius 3 is 2.85 bits per heavy atom. The summed E-state index contributed by atoms with van der Waals surface area (Å²) >= 11 is 0. The first-order valence-electron chi connectivity index (χ1n) is 4.25. The van der Waals surface area contributed by atoms with Gasteiger partial charge in [-0.3, -0.25) is 0 Å². The van der Waals surface area contributed by atoms with Crippen LogP contribution in [0, 0.1) is 0 Å². The molecule has 0 amide bonds. The molecule has 1 aromatic heterocycles. The molecule has 6 heteroatoms. The molecule has 0 radical (unpaired) electrons. The fourth-order valence-corrected chi connectivity index (χ4v) is 1.20. The van der Waals surface area contributed by atoms with E-state index in [0.29, 0.717) is 12.4 Å². The molecule has 13 heavy (non-hydrogen) atoms. The van der Waals surface area contributed by atoms with E-state index in [9.17, 15) is 0 Å². The van der Waals surface area contributed by atoms with Crippen molar-refractivity contribution in [3.05, 3.63) is 5.82 Å². The fraction of sp³-hybridized carbons (Fsp3) is 0.857. The van der Waals surface area contributed by atoms with E-state index in [2.05, 4.69) is 27.7 Å². The Morgan fingerprint density at radius 2 is 2.38 bits per heavy atom. The van der Waals surface area contributed by atoms with Crippen molar-refractivity contribution in [2.24, 2.45) is 7.05 Å². The first-order valence-corrected chi connectivity index (χ1v) is 4.25. The normalized spacial score (nSPS) is 19.8. The third kappa shape index (κ3) is 1.84. The summed E-state index contributed by atoms with van der Waals surface area (Å²) in [6.07, 6.45) is 0. The smallest absolute Gasteiger partial charge is 0.200 e. The van der Waals surface area contributed by atoms with E-state index in [1.54, 1.807) is 7.05 Å². The summed E-state index contributed by atoms with van der Waals surface area (Å²) in [5.74, 6) is 0.635. The maximum atomic E-state index is 5.62. The van der Waals surface area contributed by atoms with Crippen molar-refractivity contribution in [3.8, 4) is 0 Å². The van der Waals surface area contributed by atoms with E-state index in [1.165, 1.54) is 4.80 Å². The Labute approximate surface area is 76.3 Å². The number of aromatic nitrogens is 4. The van der Waals surface area contributed by atoms with Crippen LogP contribution >= 0.6 is 0 Å². The van der Waals surface area contributed by atoms with Crippen molar-refractivity contribution < 1.29 is 4.74 Å². The molecule has 1 aliphatic heterocycles. The summed E-state index contributed by atoms with van der Waals surface area (Å²) in [5.41, 5.74) is -0.0425. The molecule has 1 N–H and O–H groups in total. The van der Waals surface area contributed by atoms with Gasteiger partial charge in [0.25, 0.3) is 0 Å². The van der Waals surface area contributed by atoms with Gasteiger partial charge in [0.1, 0.15) is 6.61 Å². The van der Waals surface area contributed by atoms with Gasteiger partial charge in [0.05, 0.1) is 12.6 Å². The molecule has 0 unspecified atom stereocenters. The van der Waals surface area contributed by atoms with Gasteiger partial charge in [-0.1, -0.05) is 0 Å². The van der Waals surface area contributed by atoms with E-state index in [1.807, 2.05) is 0 Å². The molecule has 1 saturated heterocycles. The minimum absolute atomic E-state index is 0.0425. The lowest BCUT2D eigenvalue weighted by molar-refractivity contribution is -0.0790. The van der Waals surface area contributed by atoms with Crippen LogP contribution in [0.2, 0.25) is 0 Å². The van der Waals surface area contributed by atoms with Crippen LogP contribution in [0.3, 0.4) is 0 Å². The van der Waals surface area contributed by atoms with Crippen molar-refractivity contribution in [1.29, 1.82) is 0 Å². The first-order chi connectivity index (χ1) is 6.18. The number of tetrazole rings is 1. The zero-order chi connectivity index (χ0) is 9.31. The predicted octanol–water partition coefficient (Wildman–Crippen LogP) is -0.911. The molecule has 2 rings (SSSR count). The van der Waals surface area contributed by atoms with Crippen molar-refractivity contribution in [2.75, 3.05) is 13.1 Å². The van der Waals surface area contributed by atoms with Gasteiger partial charge in [-0.25, -0.2) is 0 Å². The van der Waals surface area contributed by atoms with E-state index in [0.717, 1.165) is 13.1 Å². The Hall–Kier alpha value is -1.01. The largest absolute Gasteiger partial charge is 0.364 e. The summed E-state index contributed by atoms with van der Waals surface area (Å²) in [6.45, 7) is 4.30. The number of ether oxygens (including phenoxy) is 1. The summed E-state index contributed by atoms with van der Waals surface area (Å²) in [7, 11) is 1.74. The molecule has 0 saturated carbocycles. The minimum atomic E-state index is -0.0425. The lowest BCUT2D eigenvalue weighted by Gasteiger charge is -2.38. The third-order valence-electron chi connectivity index (χ3n) is 2.10. The van der Waals surface area contributed by atoms with Crippen LogP contribution in [0.15, 0.2) is 0 Å². The fourth-order valence-electron chi connectivity index (χ4n) is 1.20. The molecule has 2 heterocycles. The second kappa shape index (κ2) is 3.04. The Bertz CT molecular complexity index is 293. The van der Waals surface area contributed by atoms with Crippen molar-refractivity contribution >= 4 is 0 Å². The van der Waals surface area contributed by atoms with E-state index in [4.69, 9.17) is 4.74 Å². The number of hydrogen-bond acceptors (Lipinski definition) is 5. The molecule has 6 nitrogen and oxygen atoms in total. The molecular formula is C7H13N5O. The number of hydrogen-bond donors (Lipinski definition) is 1. The lowest BCUT2D eigenvalue weighted by atomic mass is 10.0. The monoisotopic (exact) mass is 183 g/mol. The first kappa shape index (κ1) is 8.58. The second-order valence-corrected chi connectivity index (χ2v) is 3.54. The summed E-state index contributed by atoms with van der Waals surface area (Å²) in [6, 6.07) is 0. The summed E-state index contributed by atoms with van der Waals surface area (Å²) in [5, 5.41) is 14.7. The SMILES string of the molecule is Cn1nnc(COC2(C)CNC2)n1. The zero-order valence-electron chi connectivity index (χ0n) is 7.82. The van der Waals surface area contributed by atoms with Gasteiger partial charge in [0.2, 0.25) is 0 Å². The van der Waals surface area contributed by atoms with Gasteiger partial charge in [0, 0.05) is 13.1 Å². The number of nitrogens with zero attached hydrogens (tertiary/aromatic N) is 4. The highest BCUT2D eigenvalue weighted by Crippen LogP contribution is 2.16. The molecule has 1 fully saturated rings. The zero-order valence-corrected chi connectivity index (χ0v) is 7.82. The average Bonchev–Trinajstić information content (AvgIpc) is 2.44. The van der Waals surface area contributed by atoms with Crippen molar-refractivity contribution in [1.82, 2.24) is 25.5 Å². The molecule has 0 spiro atoms. The molecule has 0 aromatic carbocycles. The number of aryl methyl sites for hydroxylation is 1. The highest BCUT2D eigenvalue weighted by Gasteiger charge is 2.32. The van der Waals surface area contributed by atoms with Crippen LogP contribution in [0.25, 0.3) is 0 Å². The van der Waals surface area contributed by atoms with Crippen LogP contribution in [-0.4, -0.2) is 38.9 Å². The van der Waals surface area contributed by atoms with E-state index >= 15 is 0 Å². The standard InChI is InChI=1S/C7H13N5O/c1-7(4-8-5-7)13-3-6-9-11-12(2)10-6/h8H,3-5H2,1-2H3. The van der Waals surface area contributed by atoms with E-state index in [-0.39, 0.29) is 5.60 Å². The van der Waals surface area contributed by atoms with Crippen LogP contribution in [0.1, 0.15) is 12.7 Å². The third-order valence-corrected chi connectivity index (χ3v) is 2.10. The predicted molar refractivity (Wildman–Crippen MR) is 44.9 cm³/mol. The van der Waals surface area contributed by atoms with Gasteiger partial charge in [-0.2, -0.15) is 4.80 Å². The Balaban J connectivity index is 1.85. The topological polar surface area (TPSA) is 64.9 Å². The molecule has 0 bridgehead atoms. The molecule has 72 valence electrons. The minimum Gasteiger partial charge on any atom is -0.364 e. The van der Waals surface area contributed by atoms with Gasteiger partial charge >= 0.3 is 0 Å². The van der Waals surface area contributed by atoms with Crippen molar-refractivity contribution in [3.63, 3.8) is 0 Å². The Morgan fingerprint density at radius 1 is 1.62 bits per heavy atom. The maximum absolute atomic E-state index is 5.62. The molecule has 1 aromatic rings. The van der Waals surface area contributed by atoms with Crippen LogP contribution in [0.4, 0.5) is 0 Å². The van der Waals surface area contributed by atoms with Gasteiger partial charge in [-0.05, 0) is 12.1 Å². The highest BCUT2D eigenvalue weighted by molar-refractivity contribution is 4.90. The van der Waals surface area contributed by atoms with Crippen LogP contribution < -0.4 is 5.32 Å². The van der Waals surface area contributed by atoms with Crippen LogP contribution in [0.5, 0.6) is 0 Å². The molecular weight excluding hydrogens is 170 g/mol. The molecule has 1 aliphatic rings. The van der Waals surface area contributed by atoms with Gasteiger partial charge in [0.15, 0.2) is 5.82 Å². The summed E-state index contributed by atoms with van der Waals surface area (Å²) < 4.78 is 5.62. The average molecular weight is 183 g/mol. The van der Waals surface area contributed by atoms with Crippen LogP contribution in [-0.2, 0) is 18.4 Å². The second-order valence-electron chi connectivity index (χ2n) is 3.54.